The van der Waals surface area contributed by atoms with Crippen molar-refractivity contribution in [1.29, 1.82) is 0 Å². The van der Waals surface area contributed by atoms with Gasteiger partial charge in [0.05, 0.1) is 22.3 Å². The molecule has 1 fully saturated rings. The summed E-state index contributed by atoms with van der Waals surface area (Å²) in [6, 6.07) is 21.9. The van der Waals surface area contributed by atoms with E-state index in [0.29, 0.717) is 0 Å². The minimum Gasteiger partial charge on any atom is -0.456 e. The highest BCUT2D eigenvalue weighted by Crippen LogP contribution is 2.40. The number of aromatic nitrogens is 1. The number of hydrogen-bond donors (Lipinski definition) is 0. The van der Waals surface area contributed by atoms with Crippen molar-refractivity contribution < 1.29 is 13.7 Å². The Morgan fingerprint density at radius 2 is 1.26 bits per heavy atom. The van der Waals surface area contributed by atoms with E-state index >= 15 is 0 Å². The van der Waals surface area contributed by atoms with Crippen LogP contribution in [-0.2, 0) is 9.31 Å². The number of para-hydroxylation sites is 1. The molecule has 0 amide bonds. The first-order valence-corrected chi connectivity index (χ1v) is 13.8. The zero-order valence-corrected chi connectivity index (χ0v) is 24.0. The largest absolute Gasteiger partial charge is 0.498 e. The lowest BCUT2D eigenvalue weighted by Gasteiger charge is -2.32. The number of benzene rings is 4. The maximum absolute atomic E-state index is 6.62. The molecule has 6 aromatic rings. The van der Waals surface area contributed by atoms with Crippen LogP contribution in [0.3, 0.4) is 0 Å². The molecular formula is C30H30B5NO3. The average molecular weight is 507 g/mol. The number of rotatable bonds is 2. The molecule has 3 heterocycles. The highest BCUT2D eigenvalue weighted by atomic mass is 16.7. The molecule has 0 saturated carbocycles. The summed E-state index contributed by atoms with van der Waals surface area (Å²) >= 11 is 0. The molecule has 0 spiro atoms. The summed E-state index contributed by atoms with van der Waals surface area (Å²) in [5.41, 5.74) is 10.4. The van der Waals surface area contributed by atoms with E-state index in [9.17, 15) is 0 Å². The minimum atomic E-state index is -0.494. The van der Waals surface area contributed by atoms with E-state index in [0.717, 1.165) is 33.1 Å². The summed E-state index contributed by atoms with van der Waals surface area (Å²) in [5, 5.41) is 4.75. The van der Waals surface area contributed by atoms with Crippen LogP contribution < -0.4 is 27.3 Å². The van der Waals surface area contributed by atoms with E-state index < -0.39 is 18.3 Å². The van der Waals surface area contributed by atoms with Gasteiger partial charge in [-0.15, -0.1) is 0 Å². The molecule has 1 aliphatic rings. The summed E-state index contributed by atoms with van der Waals surface area (Å²) in [6.45, 7) is 8.33. The van der Waals surface area contributed by atoms with Crippen LogP contribution in [0, 0.1) is 0 Å². The molecule has 0 N–H and O–H groups in total. The molecule has 0 unspecified atom stereocenters. The van der Waals surface area contributed by atoms with Crippen molar-refractivity contribution >= 4 is 110 Å². The number of furan rings is 1. The third-order valence-electron chi connectivity index (χ3n) is 8.91. The van der Waals surface area contributed by atoms with Gasteiger partial charge >= 0.3 is 7.12 Å². The van der Waals surface area contributed by atoms with Crippen LogP contribution in [0.4, 0.5) is 0 Å². The predicted octanol–water partition coefficient (Wildman–Crippen LogP) is 0.0159. The van der Waals surface area contributed by atoms with E-state index in [1.807, 2.05) is 0 Å². The lowest BCUT2D eigenvalue weighted by Crippen LogP contribution is -2.41. The monoisotopic (exact) mass is 507 g/mol. The summed E-state index contributed by atoms with van der Waals surface area (Å²) in [6.07, 6.45) is 0. The third kappa shape index (κ3) is 3.46. The van der Waals surface area contributed by atoms with Crippen LogP contribution in [-0.4, -0.2) is 54.3 Å². The quantitative estimate of drug-likeness (QED) is 0.311. The highest BCUT2D eigenvalue weighted by Gasteiger charge is 2.52. The average Bonchev–Trinajstić information content (AvgIpc) is 3.46. The molecule has 0 radical (unpaired) electrons. The van der Waals surface area contributed by atoms with Gasteiger partial charge in [-0.1, -0.05) is 70.4 Å². The normalized spacial score (nSPS) is 16.8. The SMILES string of the molecule is Bc1cc(B)c2c(c1)c1cc(B)cc(B)c1n2-c1cccc2oc3c(B4OC(C)(C)C(C)(C)O4)cccc3c12. The van der Waals surface area contributed by atoms with E-state index in [1.165, 1.54) is 43.7 Å². The van der Waals surface area contributed by atoms with Gasteiger partial charge < -0.3 is 18.3 Å². The Bertz CT molecular complexity index is 1910. The first-order chi connectivity index (χ1) is 18.5. The van der Waals surface area contributed by atoms with Crippen LogP contribution in [0.25, 0.3) is 49.4 Å². The molecule has 9 heteroatoms. The van der Waals surface area contributed by atoms with Crippen molar-refractivity contribution in [3.05, 3.63) is 60.7 Å². The highest BCUT2D eigenvalue weighted by molar-refractivity contribution is 6.65. The summed E-state index contributed by atoms with van der Waals surface area (Å²) < 4.78 is 21.9. The number of nitrogens with zero attached hydrogens (tertiary/aromatic N) is 1. The summed E-state index contributed by atoms with van der Waals surface area (Å²) in [4.78, 5) is 0. The molecule has 0 atom stereocenters. The first-order valence-electron chi connectivity index (χ1n) is 13.8. The van der Waals surface area contributed by atoms with Crippen LogP contribution in [0.15, 0.2) is 65.1 Å². The minimum absolute atomic E-state index is 0.425. The van der Waals surface area contributed by atoms with Crippen LogP contribution in [0.5, 0.6) is 0 Å². The Labute approximate surface area is 232 Å². The predicted molar refractivity (Wildman–Crippen MR) is 176 cm³/mol. The third-order valence-corrected chi connectivity index (χ3v) is 8.91. The standard InChI is InChI=1S/C30H30B5NO3/c1-29(2)30(3,4)39-35(38-29)22-8-5-7-17-25-23(9-6-10-24(25)37-28(17)22)36-26-18(11-15(31)13-20(26)33)19-12-16(32)14-21(34)27(19)36/h5-14H,31-34H2,1-4H3. The number of fused-ring (bicyclic) bond motifs is 6. The van der Waals surface area contributed by atoms with Gasteiger partial charge in [0.25, 0.3) is 0 Å². The fraction of sp³-hybridized carbons (Fsp3) is 0.200. The van der Waals surface area contributed by atoms with E-state index in [2.05, 4.69) is 124 Å². The van der Waals surface area contributed by atoms with E-state index in [-0.39, 0.29) is 0 Å². The topological polar surface area (TPSA) is 36.5 Å². The van der Waals surface area contributed by atoms with Crippen LogP contribution in [0.2, 0.25) is 0 Å². The molecule has 0 aliphatic carbocycles. The van der Waals surface area contributed by atoms with E-state index in [4.69, 9.17) is 13.7 Å². The lowest BCUT2D eigenvalue weighted by atomic mass is 9.78. The molecule has 4 nitrogen and oxygen atoms in total. The van der Waals surface area contributed by atoms with Gasteiger partial charge in [0, 0.05) is 32.7 Å². The Kier molecular flexibility index (Phi) is 5.15. The zero-order valence-electron chi connectivity index (χ0n) is 24.0. The molecular weight excluding hydrogens is 476 g/mol. The van der Waals surface area contributed by atoms with Crippen molar-refractivity contribution in [2.45, 2.75) is 38.9 Å². The second kappa shape index (κ2) is 8.12. The Hall–Kier alpha value is -3.28. The van der Waals surface area contributed by atoms with Gasteiger partial charge in [0.15, 0.2) is 0 Å². The van der Waals surface area contributed by atoms with Crippen LogP contribution >= 0.6 is 0 Å². The molecule has 2 aromatic heterocycles. The summed E-state index contributed by atoms with van der Waals surface area (Å²) in [7, 11) is 8.30. The Morgan fingerprint density at radius 3 is 1.85 bits per heavy atom. The molecule has 1 aliphatic heterocycles. The molecule has 7 rings (SSSR count). The number of hydrogen-bond acceptors (Lipinski definition) is 3. The fourth-order valence-corrected chi connectivity index (χ4v) is 6.47. The second-order valence-corrected chi connectivity index (χ2v) is 12.4. The second-order valence-electron chi connectivity index (χ2n) is 12.4. The summed E-state index contributed by atoms with van der Waals surface area (Å²) in [5.74, 6) is 0. The molecule has 1 saturated heterocycles. The van der Waals surface area contributed by atoms with Gasteiger partial charge in [-0.05, 0) is 39.8 Å². The van der Waals surface area contributed by atoms with Gasteiger partial charge in [-0.2, -0.15) is 0 Å². The van der Waals surface area contributed by atoms with E-state index in [1.54, 1.807) is 0 Å². The van der Waals surface area contributed by atoms with Crippen molar-refractivity contribution in [2.75, 3.05) is 0 Å². The zero-order chi connectivity index (χ0) is 27.4. The molecule has 188 valence electrons. The maximum Gasteiger partial charge on any atom is 0.498 e. The van der Waals surface area contributed by atoms with Crippen molar-refractivity contribution in [1.82, 2.24) is 4.57 Å². The lowest BCUT2D eigenvalue weighted by molar-refractivity contribution is 0.00578. The Balaban J connectivity index is 1.57. The van der Waals surface area contributed by atoms with Gasteiger partial charge in [0.1, 0.15) is 42.6 Å². The smallest absolute Gasteiger partial charge is 0.456 e. The molecule has 4 aromatic carbocycles. The Morgan fingerprint density at radius 1 is 0.692 bits per heavy atom. The van der Waals surface area contributed by atoms with Gasteiger partial charge in [0.2, 0.25) is 0 Å². The fourth-order valence-electron chi connectivity index (χ4n) is 6.47. The van der Waals surface area contributed by atoms with Gasteiger partial charge in [-0.3, -0.25) is 0 Å². The van der Waals surface area contributed by atoms with Crippen molar-refractivity contribution in [3.8, 4) is 5.69 Å². The van der Waals surface area contributed by atoms with Gasteiger partial charge in [-0.25, -0.2) is 0 Å². The molecule has 0 bridgehead atoms. The van der Waals surface area contributed by atoms with Crippen LogP contribution in [0.1, 0.15) is 27.7 Å². The molecule has 39 heavy (non-hydrogen) atoms. The maximum atomic E-state index is 6.62. The van der Waals surface area contributed by atoms with Crippen molar-refractivity contribution in [3.63, 3.8) is 0 Å². The first kappa shape index (κ1) is 24.7. The van der Waals surface area contributed by atoms with Crippen molar-refractivity contribution in [2.24, 2.45) is 0 Å².